The van der Waals surface area contributed by atoms with Crippen molar-refractivity contribution in [3.8, 4) is 0 Å². The van der Waals surface area contributed by atoms with Crippen molar-refractivity contribution < 1.29 is 4.79 Å². The maximum absolute atomic E-state index is 12.3. The van der Waals surface area contributed by atoms with Gasteiger partial charge in [-0.1, -0.05) is 13.8 Å². The Labute approximate surface area is 115 Å². The first-order valence-corrected chi connectivity index (χ1v) is 6.88. The zero-order valence-corrected chi connectivity index (χ0v) is 12.0. The average molecular weight is 261 g/mol. The van der Waals surface area contributed by atoms with Gasteiger partial charge in [0.1, 0.15) is 5.69 Å². The maximum Gasteiger partial charge on any atom is 0.272 e. The molecule has 2 N–H and O–H groups in total. The monoisotopic (exact) mass is 261 g/mol. The predicted molar refractivity (Wildman–Crippen MR) is 76.8 cm³/mol. The van der Waals surface area contributed by atoms with Crippen molar-refractivity contribution in [3.05, 3.63) is 24.0 Å². The summed E-state index contributed by atoms with van der Waals surface area (Å²) < 4.78 is 0. The van der Waals surface area contributed by atoms with Crippen molar-refractivity contribution in [3.63, 3.8) is 0 Å². The standard InChI is InChI=1S/C15H23N3O/c1-15(2)8-6-12(7-9-15)18(3)14(19)13-5-4-11(16)10-17-13/h4-5,10,12H,6-9,16H2,1-3H3. The molecule has 0 aliphatic heterocycles. The minimum atomic E-state index is -0.00953. The topological polar surface area (TPSA) is 59.2 Å². The number of nitrogens with two attached hydrogens (primary N) is 1. The number of nitrogens with zero attached hydrogens (tertiary/aromatic N) is 2. The maximum atomic E-state index is 12.3. The fourth-order valence-electron chi connectivity index (χ4n) is 2.65. The molecule has 0 saturated heterocycles. The van der Waals surface area contributed by atoms with Crippen LogP contribution in [0.3, 0.4) is 0 Å². The van der Waals surface area contributed by atoms with Crippen LogP contribution in [-0.2, 0) is 0 Å². The van der Waals surface area contributed by atoms with Gasteiger partial charge in [0, 0.05) is 13.1 Å². The van der Waals surface area contributed by atoms with Crippen molar-refractivity contribution in [2.75, 3.05) is 12.8 Å². The van der Waals surface area contributed by atoms with E-state index in [1.54, 1.807) is 12.1 Å². The van der Waals surface area contributed by atoms with Crippen LogP contribution in [-0.4, -0.2) is 28.9 Å². The van der Waals surface area contributed by atoms with E-state index in [0.29, 0.717) is 22.8 Å². The Morgan fingerprint density at radius 3 is 2.53 bits per heavy atom. The van der Waals surface area contributed by atoms with Gasteiger partial charge in [-0.25, -0.2) is 4.98 Å². The summed E-state index contributed by atoms with van der Waals surface area (Å²) in [5.74, 6) is -0.00953. The average Bonchev–Trinajstić information content (AvgIpc) is 2.38. The molecule has 0 spiro atoms. The van der Waals surface area contributed by atoms with Crippen LogP contribution in [0.2, 0.25) is 0 Å². The molecule has 19 heavy (non-hydrogen) atoms. The molecule has 104 valence electrons. The second-order valence-corrected chi connectivity index (χ2v) is 6.29. The van der Waals surface area contributed by atoms with E-state index >= 15 is 0 Å². The number of aromatic nitrogens is 1. The molecule has 0 radical (unpaired) electrons. The van der Waals surface area contributed by atoms with Crippen LogP contribution in [0.1, 0.15) is 50.0 Å². The van der Waals surface area contributed by atoms with Crippen molar-refractivity contribution in [1.29, 1.82) is 0 Å². The van der Waals surface area contributed by atoms with E-state index in [9.17, 15) is 4.79 Å². The number of carbonyl (C=O) groups excluding carboxylic acids is 1. The number of hydrogen-bond donors (Lipinski definition) is 1. The van der Waals surface area contributed by atoms with Crippen LogP contribution in [0.5, 0.6) is 0 Å². The highest BCUT2D eigenvalue weighted by atomic mass is 16.2. The van der Waals surface area contributed by atoms with Gasteiger partial charge in [-0.2, -0.15) is 0 Å². The molecule has 0 bridgehead atoms. The van der Waals surface area contributed by atoms with Gasteiger partial charge in [-0.15, -0.1) is 0 Å². The Bertz CT molecular complexity index is 443. The summed E-state index contributed by atoms with van der Waals surface area (Å²) in [6, 6.07) is 3.75. The highest BCUT2D eigenvalue weighted by Crippen LogP contribution is 2.36. The number of carbonyl (C=O) groups is 1. The van der Waals surface area contributed by atoms with Crippen LogP contribution < -0.4 is 5.73 Å². The summed E-state index contributed by atoms with van der Waals surface area (Å²) in [5.41, 5.74) is 7.06. The highest BCUT2D eigenvalue weighted by molar-refractivity contribution is 5.92. The first kappa shape index (κ1) is 13.8. The molecule has 1 saturated carbocycles. The molecular weight excluding hydrogens is 238 g/mol. The van der Waals surface area contributed by atoms with E-state index in [1.807, 2.05) is 11.9 Å². The molecule has 4 heteroatoms. The molecule has 2 rings (SSSR count). The molecule has 1 aromatic heterocycles. The summed E-state index contributed by atoms with van der Waals surface area (Å²) >= 11 is 0. The van der Waals surface area contributed by atoms with Crippen molar-refractivity contribution >= 4 is 11.6 Å². The third-order valence-corrected chi connectivity index (χ3v) is 4.18. The molecule has 0 atom stereocenters. The Balaban J connectivity index is 2.02. The molecule has 1 aromatic rings. The molecule has 1 aliphatic carbocycles. The van der Waals surface area contributed by atoms with Crippen LogP contribution in [0.4, 0.5) is 5.69 Å². The molecule has 1 fully saturated rings. The smallest absolute Gasteiger partial charge is 0.272 e. The Morgan fingerprint density at radius 2 is 2.00 bits per heavy atom. The molecule has 1 amide bonds. The number of nitrogen functional groups attached to an aromatic ring is 1. The Hall–Kier alpha value is -1.58. The first-order valence-electron chi connectivity index (χ1n) is 6.88. The van der Waals surface area contributed by atoms with Gasteiger partial charge >= 0.3 is 0 Å². The summed E-state index contributed by atoms with van der Waals surface area (Å²) in [4.78, 5) is 18.3. The van der Waals surface area contributed by atoms with E-state index in [4.69, 9.17) is 5.73 Å². The van der Waals surface area contributed by atoms with Gasteiger partial charge in [0.25, 0.3) is 5.91 Å². The van der Waals surface area contributed by atoms with Crippen LogP contribution in [0.15, 0.2) is 18.3 Å². The predicted octanol–water partition coefficient (Wildman–Crippen LogP) is 2.70. The summed E-state index contributed by atoms with van der Waals surface area (Å²) in [7, 11) is 1.88. The number of amides is 1. The largest absolute Gasteiger partial charge is 0.397 e. The Kier molecular flexibility index (Phi) is 3.78. The van der Waals surface area contributed by atoms with E-state index in [1.165, 1.54) is 19.0 Å². The molecule has 4 nitrogen and oxygen atoms in total. The molecule has 0 aromatic carbocycles. The normalized spacial score (nSPS) is 19.1. The molecular formula is C15H23N3O. The Morgan fingerprint density at radius 1 is 1.37 bits per heavy atom. The number of rotatable bonds is 2. The fourth-order valence-corrected chi connectivity index (χ4v) is 2.65. The van der Waals surface area contributed by atoms with Gasteiger partial charge < -0.3 is 10.6 Å². The van der Waals surface area contributed by atoms with Crippen LogP contribution in [0.25, 0.3) is 0 Å². The minimum Gasteiger partial charge on any atom is -0.397 e. The zero-order chi connectivity index (χ0) is 14.0. The lowest BCUT2D eigenvalue weighted by Crippen LogP contribution is -2.41. The number of hydrogen-bond acceptors (Lipinski definition) is 3. The molecule has 1 aliphatic rings. The van der Waals surface area contributed by atoms with Gasteiger partial charge in [-0.05, 0) is 43.2 Å². The van der Waals surface area contributed by atoms with Crippen molar-refractivity contribution in [2.45, 2.75) is 45.6 Å². The van der Waals surface area contributed by atoms with E-state index in [0.717, 1.165) is 12.8 Å². The van der Waals surface area contributed by atoms with E-state index < -0.39 is 0 Å². The number of pyridine rings is 1. The van der Waals surface area contributed by atoms with Gasteiger partial charge in [0.15, 0.2) is 0 Å². The fraction of sp³-hybridized carbons (Fsp3) is 0.600. The van der Waals surface area contributed by atoms with Crippen LogP contribution >= 0.6 is 0 Å². The van der Waals surface area contributed by atoms with Crippen molar-refractivity contribution in [2.24, 2.45) is 5.41 Å². The summed E-state index contributed by atoms with van der Waals surface area (Å²) in [6.07, 6.45) is 6.02. The minimum absolute atomic E-state index is 0.00953. The summed E-state index contributed by atoms with van der Waals surface area (Å²) in [6.45, 7) is 4.60. The first-order chi connectivity index (χ1) is 8.89. The van der Waals surface area contributed by atoms with E-state index in [2.05, 4.69) is 18.8 Å². The third-order valence-electron chi connectivity index (χ3n) is 4.18. The second-order valence-electron chi connectivity index (χ2n) is 6.29. The summed E-state index contributed by atoms with van der Waals surface area (Å²) in [5, 5.41) is 0. The lowest BCUT2D eigenvalue weighted by atomic mass is 9.75. The highest BCUT2D eigenvalue weighted by Gasteiger charge is 2.31. The third kappa shape index (κ3) is 3.25. The second kappa shape index (κ2) is 5.19. The lowest BCUT2D eigenvalue weighted by Gasteiger charge is -2.38. The quantitative estimate of drug-likeness (QED) is 0.890. The number of anilines is 1. The van der Waals surface area contributed by atoms with Gasteiger partial charge in [-0.3, -0.25) is 4.79 Å². The SMILES string of the molecule is CN(C(=O)c1ccc(N)cn1)C1CCC(C)(C)CC1. The van der Waals surface area contributed by atoms with Crippen molar-refractivity contribution in [1.82, 2.24) is 9.88 Å². The zero-order valence-electron chi connectivity index (χ0n) is 12.0. The van der Waals surface area contributed by atoms with Gasteiger partial charge in [0.2, 0.25) is 0 Å². The molecule has 0 unspecified atom stereocenters. The van der Waals surface area contributed by atoms with Gasteiger partial charge in [0.05, 0.1) is 11.9 Å². The van der Waals surface area contributed by atoms with Crippen LogP contribution in [0, 0.1) is 5.41 Å². The van der Waals surface area contributed by atoms with E-state index in [-0.39, 0.29) is 5.91 Å². The molecule has 1 heterocycles. The lowest BCUT2D eigenvalue weighted by molar-refractivity contribution is 0.0629.